The van der Waals surface area contributed by atoms with E-state index in [9.17, 15) is 24.2 Å². The molecule has 0 aromatic heterocycles. The van der Waals surface area contributed by atoms with Crippen molar-refractivity contribution in [3.8, 4) is 0 Å². The number of hydrogen-bond donors (Lipinski definition) is 3. The van der Waals surface area contributed by atoms with E-state index in [2.05, 4.69) is 18.4 Å². The molecule has 0 saturated heterocycles. The van der Waals surface area contributed by atoms with E-state index >= 15 is 0 Å². The Morgan fingerprint density at radius 2 is 1.21 bits per heavy atom. The minimum Gasteiger partial charge on any atom is -0.461 e. The number of allylic oxidation sites excluding steroid dienone is 1. The average molecular weight is 637 g/mol. The van der Waals surface area contributed by atoms with E-state index < -0.39 is 51.8 Å². The summed E-state index contributed by atoms with van der Waals surface area (Å²) >= 11 is 0. The van der Waals surface area contributed by atoms with Crippen molar-refractivity contribution in [1.29, 1.82) is 0 Å². The lowest BCUT2D eigenvalue weighted by Crippen LogP contribution is -2.29. The molecule has 254 valence electrons. The van der Waals surface area contributed by atoms with Crippen molar-refractivity contribution in [1.82, 2.24) is 0 Å². The predicted molar refractivity (Wildman–Crippen MR) is 168 cm³/mol. The van der Waals surface area contributed by atoms with Crippen LogP contribution in [0, 0.1) is 0 Å². The largest absolute Gasteiger partial charge is 0.472 e. The Morgan fingerprint density at radius 1 is 0.698 bits per heavy atom. The fourth-order valence-corrected chi connectivity index (χ4v) is 5.12. The van der Waals surface area contributed by atoms with Crippen molar-refractivity contribution in [3.63, 3.8) is 0 Å². The molecule has 0 saturated carbocycles. The van der Waals surface area contributed by atoms with Gasteiger partial charge >= 0.3 is 19.8 Å². The van der Waals surface area contributed by atoms with Crippen LogP contribution in [0.15, 0.2) is 12.2 Å². The van der Waals surface area contributed by atoms with E-state index in [1.54, 1.807) is 6.08 Å². The number of carbonyl (C=O) groups excluding carboxylic acids is 2. The van der Waals surface area contributed by atoms with Gasteiger partial charge in [0.05, 0.1) is 26.2 Å². The second-order valence-corrected chi connectivity index (χ2v) is 12.7. The quantitative estimate of drug-likeness (QED) is 0.0306. The standard InChI is InChI=1S/C32H61O10P/c1-3-5-7-9-11-12-13-14-15-16-18-19-21-23-31(35)39-27-30(28-41-43(37,38)40-26-29(34)25-33)42-32(36)24-22-20-17-10-8-6-4-2/h19,21,29-30,33-34H,3-18,20,22-28H2,1-2H3,(H,37,38)/b21-19+/t29-,30+/m0/s1. The van der Waals surface area contributed by atoms with Gasteiger partial charge in [0.25, 0.3) is 0 Å². The Bertz CT molecular complexity index is 746. The fraction of sp³-hybridized carbons (Fsp3) is 0.875. The summed E-state index contributed by atoms with van der Waals surface area (Å²) < 4.78 is 32.2. The molecule has 3 atom stereocenters. The number of unbranched alkanes of at least 4 members (excludes halogenated alkanes) is 16. The van der Waals surface area contributed by atoms with E-state index in [-0.39, 0.29) is 19.4 Å². The molecule has 0 radical (unpaired) electrons. The van der Waals surface area contributed by atoms with Gasteiger partial charge in [-0.25, -0.2) is 4.57 Å². The van der Waals surface area contributed by atoms with Gasteiger partial charge in [0.1, 0.15) is 12.7 Å². The molecule has 10 nitrogen and oxygen atoms in total. The van der Waals surface area contributed by atoms with Crippen molar-refractivity contribution in [2.75, 3.05) is 26.4 Å². The average Bonchev–Trinajstić information content (AvgIpc) is 2.99. The normalized spacial score (nSPS) is 14.4. The first-order valence-corrected chi connectivity index (χ1v) is 18.1. The molecule has 0 aromatic rings. The van der Waals surface area contributed by atoms with Gasteiger partial charge in [0, 0.05) is 6.42 Å². The van der Waals surface area contributed by atoms with Crippen LogP contribution in [0.5, 0.6) is 0 Å². The number of ether oxygens (including phenoxy) is 2. The number of aliphatic hydroxyl groups is 2. The van der Waals surface area contributed by atoms with Gasteiger partial charge in [-0.05, 0) is 19.3 Å². The van der Waals surface area contributed by atoms with Gasteiger partial charge in [-0.1, -0.05) is 122 Å². The van der Waals surface area contributed by atoms with Crippen LogP contribution >= 0.6 is 7.82 Å². The maximum absolute atomic E-state index is 12.4. The molecule has 0 aliphatic heterocycles. The fourth-order valence-electron chi connectivity index (χ4n) is 4.33. The Kier molecular flexibility index (Phi) is 28.5. The number of aliphatic hydroxyl groups excluding tert-OH is 2. The zero-order chi connectivity index (χ0) is 32.0. The molecule has 0 rings (SSSR count). The highest BCUT2D eigenvalue weighted by Crippen LogP contribution is 2.43. The molecule has 0 aliphatic carbocycles. The number of phosphoric acid groups is 1. The van der Waals surface area contributed by atoms with Gasteiger partial charge in [-0.3, -0.25) is 18.6 Å². The van der Waals surface area contributed by atoms with Crippen LogP contribution in [0.25, 0.3) is 0 Å². The summed E-state index contributed by atoms with van der Waals surface area (Å²) in [6, 6.07) is 0. The van der Waals surface area contributed by atoms with Crippen LogP contribution in [-0.4, -0.2) is 65.7 Å². The first-order chi connectivity index (χ1) is 20.7. The van der Waals surface area contributed by atoms with Gasteiger partial charge < -0.3 is 24.6 Å². The molecule has 1 unspecified atom stereocenters. The Morgan fingerprint density at radius 3 is 1.77 bits per heavy atom. The smallest absolute Gasteiger partial charge is 0.461 e. The highest BCUT2D eigenvalue weighted by molar-refractivity contribution is 7.47. The molecule has 0 bridgehead atoms. The number of hydrogen-bond acceptors (Lipinski definition) is 9. The lowest BCUT2D eigenvalue weighted by atomic mass is 10.1. The van der Waals surface area contributed by atoms with E-state index in [4.69, 9.17) is 19.1 Å². The summed E-state index contributed by atoms with van der Waals surface area (Å²) in [5, 5.41) is 18.2. The van der Waals surface area contributed by atoms with Crippen LogP contribution in [0.3, 0.4) is 0 Å². The maximum atomic E-state index is 12.4. The minimum absolute atomic E-state index is 0.0674. The second kappa shape index (κ2) is 29.4. The molecule has 3 N–H and O–H groups in total. The highest BCUT2D eigenvalue weighted by Gasteiger charge is 2.27. The summed E-state index contributed by atoms with van der Waals surface area (Å²) in [6.07, 6.45) is 22.4. The topological polar surface area (TPSA) is 149 Å². The third kappa shape index (κ3) is 29.2. The zero-order valence-corrected chi connectivity index (χ0v) is 27.8. The van der Waals surface area contributed by atoms with Crippen LogP contribution in [-0.2, 0) is 32.7 Å². The first-order valence-electron chi connectivity index (χ1n) is 16.6. The molecular formula is C32H61O10P. The van der Waals surface area contributed by atoms with E-state index in [1.165, 1.54) is 77.0 Å². The predicted octanol–water partition coefficient (Wildman–Crippen LogP) is 7.33. The summed E-state index contributed by atoms with van der Waals surface area (Å²) in [6.45, 7) is 2.23. The van der Waals surface area contributed by atoms with Gasteiger partial charge in [-0.15, -0.1) is 0 Å². The number of esters is 2. The van der Waals surface area contributed by atoms with Crippen LogP contribution in [0.2, 0.25) is 0 Å². The molecule has 0 spiro atoms. The maximum Gasteiger partial charge on any atom is 0.472 e. The molecule has 0 aliphatic rings. The highest BCUT2D eigenvalue weighted by atomic mass is 31.2. The number of phosphoric ester groups is 1. The van der Waals surface area contributed by atoms with E-state index in [1.807, 2.05) is 6.08 Å². The summed E-state index contributed by atoms with van der Waals surface area (Å²) in [5.74, 6) is -1.03. The van der Waals surface area contributed by atoms with Crippen LogP contribution < -0.4 is 0 Å². The van der Waals surface area contributed by atoms with Crippen molar-refractivity contribution in [3.05, 3.63) is 12.2 Å². The lowest BCUT2D eigenvalue weighted by molar-refractivity contribution is -0.160. The monoisotopic (exact) mass is 636 g/mol. The Hall–Kier alpha value is -1.29. The molecule has 0 amide bonds. The lowest BCUT2D eigenvalue weighted by Gasteiger charge is -2.20. The minimum atomic E-state index is -4.60. The zero-order valence-electron chi connectivity index (χ0n) is 26.9. The summed E-state index contributed by atoms with van der Waals surface area (Å²) in [4.78, 5) is 34.4. The van der Waals surface area contributed by atoms with Crippen LogP contribution in [0.4, 0.5) is 0 Å². The van der Waals surface area contributed by atoms with Crippen molar-refractivity contribution in [2.45, 2.75) is 154 Å². The molecule has 0 heterocycles. The Balaban J connectivity index is 4.43. The second-order valence-electron chi connectivity index (χ2n) is 11.2. The molecule has 0 aromatic carbocycles. The summed E-state index contributed by atoms with van der Waals surface area (Å²) in [5.41, 5.74) is 0. The molecular weight excluding hydrogens is 575 g/mol. The first kappa shape index (κ1) is 41.7. The number of carbonyl (C=O) groups is 2. The van der Waals surface area contributed by atoms with Gasteiger partial charge in [-0.2, -0.15) is 0 Å². The third-order valence-electron chi connectivity index (χ3n) is 6.95. The van der Waals surface area contributed by atoms with Crippen LogP contribution in [0.1, 0.15) is 142 Å². The van der Waals surface area contributed by atoms with Crippen molar-refractivity contribution in [2.24, 2.45) is 0 Å². The Labute approximate surface area is 260 Å². The SMILES string of the molecule is CCCCCCCCCCCC/C=C/CC(=O)OC[C@H](COP(=O)(O)OC[C@@H](O)CO)OC(=O)CCCCCCCCC. The van der Waals surface area contributed by atoms with Gasteiger partial charge in [0.15, 0.2) is 6.10 Å². The molecule has 43 heavy (non-hydrogen) atoms. The molecule has 11 heteroatoms. The molecule has 0 fully saturated rings. The van der Waals surface area contributed by atoms with Crippen molar-refractivity contribution >= 4 is 19.8 Å². The van der Waals surface area contributed by atoms with E-state index in [0.29, 0.717) is 6.42 Å². The van der Waals surface area contributed by atoms with Gasteiger partial charge in [0.2, 0.25) is 0 Å². The number of rotatable bonds is 31. The summed E-state index contributed by atoms with van der Waals surface area (Å²) in [7, 11) is -4.60. The third-order valence-corrected chi connectivity index (χ3v) is 7.90. The van der Waals surface area contributed by atoms with Crippen molar-refractivity contribution < 1.29 is 47.8 Å². The van der Waals surface area contributed by atoms with E-state index in [0.717, 1.165) is 32.1 Å².